The molecule has 0 heterocycles. The van der Waals surface area contributed by atoms with Gasteiger partial charge in [0.1, 0.15) is 11.6 Å². The van der Waals surface area contributed by atoms with Crippen LogP contribution in [0.4, 0.5) is 8.78 Å². The van der Waals surface area contributed by atoms with Crippen LogP contribution in [0.1, 0.15) is 38.3 Å². The van der Waals surface area contributed by atoms with Crippen molar-refractivity contribution in [2.45, 2.75) is 32.7 Å². The Morgan fingerprint density at radius 2 is 2.17 bits per heavy atom. The van der Waals surface area contributed by atoms with Crippen molar-refractivity contribution in [2.24, 2.45) is 0 Å². The second-order valence-electron chi connectivity index (χ2n) is 4.25. The van der Waals surface area contributed by atoms with Crippen LogP contribution in [-0.2, 0) is 0 Å². The first-order valence-electron chi connectivity index (χ1n) is 6.40. The molecule has 1 unspecified atom stereocenters. The predicted molar refractivity (Wildman–Crippen MR) is 69.2 cm³/mol. The molecule has 0 aliphatic carbocycles. The molecule has 1 rings (SSSR count). The van der Waals surface area contributed by atoms with Gasteiger partial charge in [-0.1, -0.05) is 6.92 Å². The first-order chi connectivity index (χ1) is 8.69. The summed E-state index contributed by atoms with van der Waals surface area (Å²) in [6.45, 7) is 4.81. The van der Waals surface area contributed by atoms with Gasteiger partial charge in [0.25, 0.3) is 0 Å². The van der Waals surface area contributed by atoms with E-state index in [-0.39, 0.29) is 11.9 Å². The topological polar surface area (TPSA) is 21.3 Å². The van der Waals surface area contributed by atoms with Gasteiger partial charge < -0.3 is 10.1 Å². The van der Waals surface area contributed by atoms with Crippen LogP contribution < -0.4 is 10.1 Å². The van der Waals surface area contributed by atoms with Gasteiger partial charge in [0.2, 0.25) is 0 Å². The standard InChI is InChI=1S/C14H21F2NO/c1-3-8-17-11(2)13-10-12(16)5-6-14(13)18-9-4-7-15/h5-6,10-11,17H,3-4,7-9H2,1-2H3. The molecule has 102 valence electrons. The summed E-state index contributed by atoms with van der Waals surface area (Å²) < 4.78 is 30.8. The van der Waals surface area contributed by atoms with E-state index >= 15 is 0 Å². The quantitative estimate of drug-likeness (QED) is 0.718. The smallest absolute Gasteiger partial charge is 0.124 e. The van der Waals surface area contributed by atoms with Crippen molar-refractivity contribution in [3.63, 3.8) is 0 Å². The van der Waals surface area contributed by atoms with E-state index in [1.54, 1.807) is 6.07 Å². The van der Waals surface area contributed by atoms with Crippen molar-refractivity contribution in [1.82, 2.24) is 5.32 Å². The van der Waals surface area contributed by atoms with Crippen LogP contribution in [0.3, 0.4) is 0 Å². The summed E-state index contributed by atoms with van der Waals surface area (Å²) >= 11 is 0. The summed E-state index contributed by atoms with van der Waals surface area (Å²) in [5.74, 6) is 0.342. The Kier molecular flexibility index (Phi) is 6.65. The normalized spacial score (nSPS) is 12.4. The first-order valence-corrected chi connectivity index (χ1v) is 6.40. The lowest BCUT2D eigenvalue weighted by Crippen LogP contribution is -2.20. The fourth-order valence-corrected chi connectivity index (χ4v) is 1.70. The van der Waals surface area contributed by atoms with Crippen LogP contribution in [0.25, 0.3) is 0 Å². The summed E-state index contributed by atoms with van der Waals surface area (Å²) in [7, 11) is 0. The number of hydrogen-bond acceptors (Lipinski definition) is 2. The van der Waals surface area contributed by atoms with Crippen molar-refractivity contribution in [3.05, 3.63) is 29.6 Å². The van der Waals surface area contributed by atoms with Gasteiger partial charge in [0.15, 0.2) is 0 Å². The summed E-state index contributed by atoms with van der Waals surface area (Å²) in [4.78, 5) is 0. The molecule has 0 aliphatic heterocycles. The van der Waals surface area contributed by atoms with Gasteiger partial charge >= 0.3 is 0 Å². The van der Waals surface area contributed by atoms with E-state index in [9.17, 15) is 8.78 Å². The third kappa shape index (κ3) is 4.61. The molecule has 2 nitrogen and oxygen atoms in total. The maximum absolute atomic E-state index is 13.3. The molecular weight excluding hydrogens is 236 g/mol. The van der Waals surface area contributed by atoms with Gasteiger partial charge in [-0.05, 0) is 38.1 Å². The number of benzene rings is 1. The summed E-state index contributed by atoms with van der Waals surface area (Å²) in [6, 6.07) is 4.45. The molecule has 1 atom stereocenters. The molecule has 0 aromatic heterocycles. The Bertz CT molecular complexity index is 358. The van der Waals surface area contributed by atoms with Gasteiger partial charge in [-0.15, -0.1) is 0 Å². The highest BCUT2D eigenvalue weighted by Crippen LogP contribution is 2.26. The third-order valence-electron chi connectivity index (χ3n) is 2.67. The zero-order chi connectivity index (χ0) is 13.4. The molecule has 0 amide bonds. The van der Waals surface area contributed by atoms with Gasteiger partial charge in [-0.3, -0.25) is 4.39 Å². The third-order valence-corrected chi connectivity index (χ3v) is 2.67. The summed E-state index contributed by atoms with van der Waals surface area (Å²) in [5, 5.41) is 3.29. The van der Waals surface area contributed by atoms with E-state index in [1.165, 1.54) is 12.1 Å². The average Bonchev–Trinajstić information content (AvgIpc) is 2.38. The first kappa shape index (κ1) is 14.9. The van der Waals surface area contributed by atoms with Crippen molar-refractivity contribution in [1.29, 1.82) is 0 Å². The van der Waals surface area contributed by atoms with Crippen molar-refractivity contribution >= 4 is 0 Å². The highest BCUT2D eigenvalue weighted by molar-refractivity contribution is 5.36. The number of rotatable bonds is 8. The fourth-order valence-electron chi connectivity index (χ4n) is 1.70. The van der Waals surface area contributed by atoms with E-state index < -0.39 is 6.67 Å². The fraction of sp³-hybridized carbons (Fsp3) is 0.571. The number of alkyl halides is 1. The van der Waals surface area contributed by atoms with Crippen LogP contribution in [0.2, 0.25) is 0 Å². The van der Waals surface area contributed by atoms with Crippen LogP contribution in [0.15, 0.2) is 18.2 Å². The monoisotopic (exact) mass is 257 g/mol. The molecule has 0 saturated carbocycles. The summed E-state index contributed by atoms with van der Waals surface area (Å²) in [6.07, 6.45) is 1.37. The summed E-state index contributed by atoms with van der Waals surface area (Å²) in [5.41, 5.74) is 0.780. The molecule has 1 aromatic carbocycles. The minimum absolute atomic E-state index is 0.0148. The second-order valence-corrected chi connectivity index (χ2v) is 4.25. The average molecular weight is 257 g/mol. The van der Waals surface area contributed by atoms with E-state index in [2.05, 4.69) is 12.2 Å². The van der Waals surface area contributed by atoms with Crippen LogP contribution in [0, 0.1) is 5.82 Å². The van der Waals surface area contributed by atoms with Crippen molar-refractivity contribution in [3.8, 4) is 5.75 Å². The SMILES string of the molecule is CCCNC(C)c1cc(F)ccc1OCCCF. The zero-order valence-electron chi connectivity index (χ0n) is 11.0. The van der Waals surface area contributed by atoms with Crippen molar-refractivity contribution in [2.75, 3.05) is 19.8 Å². The van der Waals surface area contributed by atoms with Crippen LogP contribution in [-0.4, -0.2) is 19.8 Å². The van der Waals surface area contributed by atoms with E-state index in [0.29, 0.717) is 18.8 Å². The molecule has 0 spiro atoms. The Morgan fingerprint density at radius 3 is 2.83 bits per heavy atom. The minimum atomic E-state index is -0.403. The maximum Gasteiger partial charge on any atom is 0.124 e. The maximum atomic E-state index is 13.3. The van der Waals surface area contributed by atoms with Crippen LogP contribution in [0.5, 0.6) is 5.75 Å². The lowest BCUT2D eigenvalue weighted by molar-refractivity contribution is 0.284. The highest BCUT2D eigenvalue weighted by atomic mass is 19.1. The number of ether oxygens (including phenoxy) is 1. The largest absolute Gasteiger partial charge is 0.493 e. The molecule has 1 aromatic rings. The van der Waals surface area contributed by atoms with Crippen molar-refractivity contribution < 1.29 is 13.5 Å². The Balaban J connectivity index is 2.75. The van der Waals surface area contributed by atoms with Gasteiger partial charge in [0.05, 0.1) is 13.3 Å². The number of halogens is 2. The predicted octanol–water partition coefficient (Wildman–Crippen LogP) is 3.62. The van der Waals surface area contributed by atoms with E-state index in [0.717, 1.165) is 18.5 Å². The Morgan fingerprint density at radius 1 is 1.39 bits per heavy atom. The van der Waals surface area contributed by atoms with Gasteiger partial charge in [0, 0.05) is 18.0 Å². The Labute approximate surface area is 107 Å². The van der Waals surface area contributed by atoms with Gasteiger partial charge in [-0.2, -0.15) is 0 Å². The lowest BCUT2D eigenvalue weighted by Gasteiger charge is -2.18. The molecular formula is C14H21F2NO. The number of nitrogens with one attached hydrogen (secondary N) is 1. The highest BCUT2D eigenvalue weighted by Gasteiger charge is 2.12. The molecule has 18 heavy (non-hydrogen) atoms. The molecule has 0 fully saturated rings. The molecule has 4 heteroatoms. The molecule has 0 saturated heterocycles. The zero-order valence-corrected chi connectivity index (χ0v) is 11.0. The van der Waals surface area contributed by atoms with E-state index in [4.69, 9.17) is 4.74 Å². The minimum Gasteiger partial charge on any atom is -0.493 e. The number of hydrogen-bond donors (Lipinski definition) is 1. The molecule has 1 N–H and O–H groups in total. The van der Waals surface area contributed by atoms with Gasteiger partial charge in [-0.25, -0.2) is 4.39 Å². The lowest BCUT2D eigenvalue weighted by atomic mass is 10.1. The molecule has 0 radical (unpaired) electrons. The van der Waals surface area contributed by atoms with E-state index in [1.807, 2.05) is 6.92 Å². The molecule has 0 bridgehead atoms. The molecule has 0 aliphatic rings. The second kappa shape index (κ2) is 8.03. The van der Waals surface area contributed by atoms with Crippen LogP contribution >= 0.6 is 0 Å². The Hall–Kier alpha value is -1.16.